The lowest BCUT2D eigenvalue weighted by molar-refractivity contribution is -0.143. The topological polar surface area (TPSA) is 128 Å². The van der Waals surface area contributed by atoms with Gasteiger partial charge in [-0.2, -0.15) is 0 Å². The van der Waals surface area contributed by atoms with Gasteiger partial charge in [0.1, 0.15) is 5.71 Å². The van der Waals surface area contributed by atoms with Gasteiger partial charge in [0.2, 0.25) is 0 Å². The first kappa shape index (κ1) is 27.4. The minimum atomic E-state index is -3.50. The predicted octanol–water partition coefficient (Wildman–Crippen LogP) is 4.14. The summed E-state index contributed by atoms with van der Waals surface area (Å²) in [6.07, 6.45) is 3.87. The number of aliphatic imine (C=N–C) groups is 1. The number of hydrogen-bond acceptors (Lipinski definition) is 7. The molecular weight excluding hydrogens is 478 g/mol. The summed E-state index contributed by atoms with van der Waals surface area (Å²) in [5.41, 5.74) is 10.6. The second-order valence-electron chi connectivity index (χ2n) is 9.23. The van der Waals surface area contributed by atoms with Crippen LogP contribution in [0.3, 0.4) is 0 Å². The van der Waals surface area contributed by atoms with Crippen molar-refractivity contribution in [1.29, 1.82) is 0 Å². The number of anilines is 1. The van der Waals surface area contributed by atoms with Crippen LogP contribution in [0.4, 0.5) is 11.4 Å². The second kappa shape index (κ2) is 11.7. The number of sulfone groups is 1. The second-order valence-corrected chi connectivity index (χ2v) is 11.5. The molecule has 9 heteroatoms. The lowest BCUT2D eigenvalue weighted by Crippen LogP contribution is -2.29. The number of nitrogens with one attached hydrogen (secondary N) is 1. The van der Waals surface area contributed by atoms with E-state index in [2.05, 4.69) is 10.3 Å². The third-order valence-corrected chi connectivity index (χ3v) is 7.78. The van der Waals surface area contributed by atoms with E-state index in [-0.39, 0.29) is 48.6 Å². The number of nitrogen functional groups attached to an aromatic ring is 1. The molecule has 0 saturated heterocycles. The fourth-order valence-electron chi connectivity index (χ4n) is 4.25. The fraction of sp³-hybridized carbons (Fsp3) is 0.444. The van der Waals surface area contributed by atoms with Crippen LogP contribution in [-0.4, -0.2) is 45.9 Å². The monoisotopic (exact) mass is 513 g/mol. The van der Waals surface area contributed by atoms with Gasteiger partial charge in [-0.25, -0.2) is 13.4 Å². The zero-order valence-electron chi connectivity index (χ0n) is 21.3. The van der Waals surface area contributed by atoms with E-state index in [0.29, 0.717) is 23.2 Å². The van der Waals surface area contributed by atoms with Crippen molar-refractivity contribution in [3.05, 3.63) is 58.7 Å². The number of nitrogens with two attached hydrogens (primary N) is 1. The van der Waals surface area contributed by atoms with Gasteiger partial charge in [0.05, 0.1) is 17.5 Å². The number of nitrogens with zero attached hydrogens (tertiary/aromatic N) is 1. The van der Waals surface area contributed by atoms with Gasteiger partial charge in [-0.05, 0) is 80.8 Å². The molecule has 1 fully saturated rings. The van der Waals surface area contributed by atoms with Crippen LogP contribution in [0.2, 0.25) is 0 Å². The van der Waals surface area contributed by atoms with E-state index in [9.17, 15) is 18.0 Å². The summed E-state index contributed by atoms with van der Waals surface area (Å²) in [6.45, 7) is 3.99. The minimum Gasteiger partial charge on any atom is -0.466 e. The zero-order chi connectivity index (χ0) is 26.5. The molecule has 36 heavy (non-hydrogen) atoms. The molecule has 3 rings (SSSR count). The third-order valence-electron chi connectivity index (χ3n) is 6.26. The van der Waals surface area contributed by atoms with Gasteiger partial charge in [-0.3, -0.25) is 9.59 Å². The maximum Gasteiger partial charge on any atom is 0.305 e. The molecule has 2 aromatic rings. The maximum atomic E-state index is 12.8. The largest absolute Gasteiger partial charge is 0.466 e. The van der Waals surface area contributed by atoms with Crippen molar-refractivity contribution in [2.45, 2.75) is 57.1 Å². The Morgan fingerprint density at radius 1 is 1.19 bits per heavy atom. The summed E-state index contributed by atoms with van der Waals surface area (Å²) >= 11 is 0. The molecule has 1 aliphatic carbocycles. The SMILES string of the molecule is CCOC(=O)CCCC(c1cc(N)c(C(=Nc2ccc(C)cc2)C(=O)NC)cc1C1CC1)S(C)(=O)=O. The molecule has 1 atom stereocenters. The Labute approximate surface area is 213 Å². The van der Waals surface area contributed by atoms with E-state index in [4.69, 9.17) is 10.5 Å². The Bertz CT molecular complexity index is 1250. The van der Waals surface area contributed by atoms with Crippen molar-refractivity contribution < 1.29 is 22.7 Å². The lowest BCUT2D eigenvalue weighted by Gasteiger charge is -2.22. The van der Waals surface area contributed by atoms with Crippen LogP contribution in [0.25, 0.3) is 0 Å². The molecule has 0 bridgehead atoms. The molecule has 0 aromatic heterocycles. The summed E-state index contributed by atoms with van der Waals surface area (Å²) in [5.74, 6) is -0.533. The fourth-order valence-corrected chi connectivity index (χ4v) is 5.51. The molecule has 0 spiro atoms. The predicted molar refractivity (Wildman–Crippen MR) is 142 cm³/mol. The maximum absolute atomic E-state index is 12.8. The number of carbonyl (C=O) groups excluding carboxylic acids is 2. The van der Waals surface area contributed by atoms with E-state index >= 15 is 0 Å². The molecular formula is C27H35N3O5S. The van der Waals surface area contributed by atoms with Crippen LogP contribution in [-0.2, 0) is 24.2 Å². The van der Waals surface area contributed by atoms with E-state index in [1.54, 1.807) is 13.0 Å². The third kappa shape index (κ3) is 6.94. The highest BCUT2D eigenvalue weighted by Gasteiger charge is 2.34. The molecule has 3 N–H and O–H groups in total. The van der Waals surface area contributed by atoms with Crippen LogP contribution in [0.5, 0.6) is 0 Å². The van der Waals surface area contributed by atoms with E-state index in [1.165, 1.54) is 13.3 Å². The number of aryl methyl sites for hydroxylation is 1. The Morgan fingerprint density at radius 3 is 2.42 bits per heavy atom. The summed E-state index contributed by atoms with van der Waals surface area (Å²) in [7, 11) is -1.97. The Hall–Kier alpha value is -3.20. The normalized spacial score (nSPS) is 14.8. The Balaban J connectivity index is 2.06. The molecule has 194 valence electrons. The van der Waals surface area contributed by atoms with Crippen LogP contribution in [0, 0.1) is 6.92 Å². The van der Waals surface area contributed by atoms with Gasteiger partial charge in [0.15, 0.2) is 9.84 Å². The van der Waals surface area contributed by atoms with Crippen molar-refractivity contribution in [2.24, 2.45) is 4.99 Å². The summed E-state index contributed by atoms with van der Waals surface area (Å²) < 4.78 is 30.7. The highest BCUT2D eigenvalue weighted by molar-refractivity contribution is 7.90. The van der Waals surface area contributed by atoms with E-state index in [0.717, 1.165) is 24.0 Å². The van der Waals surface area contributed by atoms with Gasteiger partial charge in [0, 0.05) is 31.0 Å². The molecule has 1 aliphatic rings. The standard InChI is InChI=1S/C27H35N3O5S/c1-5-35-25(31)8-6-7-24(36(4,33)34)21-16-23(28)22(15-20(21)18-11-12-18)26(27(32)29-3)30-19-13-9-17(2)10-14-19/h9-10,13-16,18,24H,5-8,11-12,28H2,1-4H3,(H,29,32). The quantitative estimate of drug-likeness (QED) is 0.264. The lowest BCUT2D eigenvalue weighted by atomic mass is 9.92. The summed E-state index contributed by atoms with van der Waals surface area (Å²) in [6, 6.07) is 11.0. The summed E-state index contributed by atoms with van der Waals surface area (Å²) in [4.78, 5) is 29.2. The van der Waals surface area contributed by atoms with Gasteiger partial charge in [-0.1, -0.05) is 17.7 Å². The minimum absolute atomic E-state index is 0.149. The summed E-state index contributed by atoms with van der Waals surface area (Å²) in [5, 5.41) is 1.82. The molecule has 2 aromatic carbocycles. The van der Waals surface area contributed by atoms with Gasteiger partial charge in [0.25, 0.3) is 5.91 Å². The molecule has 8 nitrogen and oxygen atoms in total. The Kier molecular flexibility index (Phi) is 8.89. The average Bonchev–Trinajstić information content (AvgIpc) is 3.66. The van der Waals surface area contributed by atoms with Crippen molar-refractivity contribution in [3.8, 4) is 0 Å². The van der Waals surface area contributed by atoms with Crippen molar-refractivity contribution >= 4 is 38.8 Å². The highest BCUT2D eigenvalue weighted by Crippen LogP contribution is 2.46. The molecule has 1 amide bonds. The van der Waals surface area contributed by atoms with Crippen LogP contribution in [0.1, 0.15) is 72.4 Å². The number of rotatable bonds is 11. The molecule has 0 radical (unpaired) electrons. The molecule has 0 aliphatic heterocycles. The van der Waals surface area contributed by atoms with Crippen LogP contribution in [0.15, 0.2) is 41.4 Å². The first-order valence-electron chi connectivity index (χ1n) is 12.2. The number of benzene rings is 2. The number of likely N-dealkylation sites (N-methyl/N-ethyl adjacent to an activating group) is 1. The zero-order valence-corrected chi connectivity index (χ0v) is 22.2. The van der Waals surface area contributed by atoms with Gasteiger partial charge < -0.3 is 15.8 Å². The van der Waals surface area contributed by atoms with E-state index < -0.39 is 15.1 Å². The number of ether oxygens (including phenoxy) is 1. The number of esters is 1. The molecule has 1 saturated carbocycles. The average molecular weight is 514 g/mol. The highest BCUT2D eigenvalue weighted by atomic mass is 32.2. The number of hydrogen-bond donors (Lipinski definition) is 2. The van der Waals surface area contributed by atoms with E-state index in [1.807, 2.05) is 37.3 Å². The molecule has 0 heterocycles. The van der Waals surface area contributed by atoms with Crippen LogP contribution < -0.4 is 11.1 Å². The van der Waals surface area contributed by atoms with Gasteiger partial charge >= 0.3 is 5.97 Å². The van der Waals surface area contributed by atoms with Crippen molar-refractivity contribution in [3.63, 3.8) is 0 Å². The first-order chi connectivity index (χ1) is 17.0. The first-order valence-corrected chi connectivity index (χ1v) is 14.2. The van der Waals surface area contributed by atoms with Crippen LogP contribution >= 0.6 is 0 Å². The Morgan fingerprint density at radius 2 is 1.86 bits per heavy atom. The smallest absolute Gasteiger partial charge is 0.305 e. The van der Waals surface area contributed by atoms with Gasteiger partial charge in [-0.15, -0.1) is 0 Å². The van der Waals surface area contributed by atoms with Crippen molar-refractivity contribution in [1.82, 2.24) is 5.32 Å². The van der Waals surface area contributed by atoms with Crippen molar-refractivity contribution in [2.75, 3.05) is 25.6 Å². The number of carbonyl (C=O) groups is 2. The molecule has 1 unspecified atom stereocenters. The number of amides is 1.